The maximum Gasteiger partial charge on any atom is 0.0483 e. The van der Waals surface area contributed by atoms with E-state index < -0.39 is 6.10 Å². The van der Waals surface area contributed by atoms with Gasteiger partial charge in [0.25, 0.3) is 0 Å². The number of hydrogen-bond acceptors (Lipinski definition) is 3. The van der Waals surface area contributed by atoms with Crippen LogP contribution in [0, 0.1) is 41.7 Å². The minimum absolute atomic E-state index is 0. The Morgan fingerprint density at radius 3 is 0.769 bits per heavy atom. The molecule has 0 amide bonds. The average molecular weight is 319 g/mol. The molecule has 0 saturated heterocycles. The quantitative estimate of drug-likeness (QED) is 0.685. The molecule has 3 nitrogen and oxygen atoms in total. The molecule has 13 heavy (non-hydrogen) atoms. The fraction of sp³-hybridized carbons (Fsp3) is 1.00. The van der Waals surface area contributed by atoms with Crippen molar-refractivity contribution in [3.63, 3.8) is 0 Å². The van der Waals surface area contributed by atoms with E-state index in [0.29, 0.717) is 0 Å². The normalized spacial score (nSPS) is 8.31. The molecule has 0 aliphatic rings. The van der Waals surface area contributed by atoms with E-state index in [9.17, 15) is 5.11 Å². The van der Waals surface area contributed by atoms with E-state index in [1.807, 2.05) is 0 Å². The Balaban J connectivity index is -0.0000000450. The Morgan fingerprint density at radius 2 is 0.769 bits per heavy atom. The molecule has 0 aliphatic heterocycles. The first kappa shape index (κ1) is 23.8. The number of aliphatic hydroxyl groups excluding tert-OH is 2. The molecule has 0 radical (unpaired) electrons. The van der Waals surface area contributed by atoms with E-state index in [1.165, 1.54) is 0 Å². The van der Waals surface area contributed by atoms with Gasteiger partial charge in [0, 0.05) is 54.0 Å². The fourth-order valence-electron chi connectivity index (χ4n) is 0. The predicted molar refractivity (Wildman–Crippen MR) is 49.8 cm³/mol. The summed E-state index contributed by atoms with van der Waals surface area (Å²) in [4.78, 5) is 0. The van der Waals surface area contributed by atoms with Crippen molar-refractivity contribution in [2.75, 3.05) is 0 Å². The molecular formula is C9H23CeO3-. The second kappa shape index (κ2) is 18.9. The van der Waals surface area contributed by atoms with E-state index in [2.05, 4.69) is 0 Å². The first-order chi connectivity index (χ1) is 5.20. The third-order valence-corrected chi connectivity index (χ3v) is 0. The fourth-order valence-corrected chi connectivity index (χ4v) is 0. The Bertz CT molecular complexity index is 43.4. The van der Waals surface area contributed by atoms with Gasteiger partial charge in [0.1, 0.15) is 0 Å². The SMILES string of the molecule is CC(C)O.CC(C)O.CC(C)[O-].[Ce]. The molecule has 4 heteroatoms. The van der Waals surface area contributed by atoms with Crippen molar-refractivity contribution in [3.8, 4) is 0 Å². The van der Waals surface area contributed by atoms with Crippen LogP contribution in [0.2, 0.25) is 0 Å². The predicted octanol–water partition coefficient (Wildman–Crippen LogP) is 0.529. The van der Waals surface area contributed by atoms with Gasteiger partial charge in [0.2, 0.25) is 0 Å². The zero-order chi connectivity index (χ0) is 10.7. The summed E-state index contributed by atoms with van der Waals surface area (Å²) in [6.07, 6.45) is -0.750. The van der Waals surface area contributed by atoms with Crippen molar-refractivity contribution < 1.29 is 57.1 Å². The van der Waals surface area contributed by atoms with E-state index in [1.54, 1.807) is 41.5 Å². The summed E-state index contributed by atoms with van der Waals surface area (Å²) in [5.41, 5.74) is 0. The molecule has 0 aliphatic carbocycles. The second-order valence-electron chi connectivity index (χ2n) is 3.24. The van der Waals surface area contributed by atoms with Crippen LogP contribution in [0.25, 0.3) is 0 Å². The zero-order valence-electron chi connectivity index (χ0n) is 9.53. The van der Waals surface area contributed by atoms with Gasteiger partial charge in [-0.1, -0.05) is 13.8 Å². The second-order valence-corrected chi connectivity index (χ2v) is 3.24. The topological polar surface area (TPSA) is 63.5 Å². The van der Waals surface area contributed by atoms with E-state index >= 15 is 0 Å². The first-order valence-corrected chi connectivity index (χ1v) is 4.22. The summed E-state index contributed by atoms with van der Waals surface area (Å²) in [6, 6.07) is 0. The molecular weight excluding hydrogens is 296 g/mol. The van der Waals surface area contributed by atoms with Crippen LogP contribution in [0.3, 0.4) is 0 Å². The largest absolute Gasteiger partial charge is 0.852 e. The monoisotopic (exact) mass is 319 g/mol. The molecule has 2 N–H and O–H groups in total. The van der Waals surface area contributed by atoms with Crippen LogP contribution in [0.4, 0.5) is 0 Å². The number of rotatable bonds is 0. The molecule has 0 aromatic heterocycles. The van der Waals surface area contributed by atoms with Gasteiger partial charge >= 0.3 is 0 Å². The Kier molecular flexibility index (Phi) is 34.7. The number of hydrogen-bond donors (Lipinski definition) is 2. The van der Waals surface area contributed by atoms with Crippen LogP contribution in [0.5, 0.6) is 0 Å². The minimum atomic E-state index is -0.417. The maximum atomic E-state index is 9.53. The molecule has 82 valence electrons. The van der Waals surface area contributed by atoms with Crippen molar-refractivity contribution >= 4 is 0 Å². The molecule has 0 unspecified atom stereocenters. The van der Waals surface area contributed by atoms with Crippen LogP contribution in [-0.2, 0) is 0 Å². The third kappa shape index (κ3) is 1060. The van der Waals surface area contributed by atoms with Gasteiger partial charge in [-0.05, 0) is 27.7 Å². The minimum Gasteiger partial charge on any atom is -0.852 e. The molecule has 0 fully saturated rings. The summed E-state index contributed by atoms with van der Waals surface area (Å²) in [6.45, 7) is 10.1. The van der Waals surface area contributed by atoms with Crippen molar-refractivity contribution in [1.82, 2.24) is 0 Å². The van der Waals surface area contributed by atoms with Gasteiger partial charge in [-0.15, -0.1) is 6.10 Å². The Labute approximate surface area is 116 Å². The summed E-state index contributed by atoms with van der Waals surface area (Å²) < 4.78 is 0. The van der Waals surface area contributed by atoms with Gasteiger partial charge in [-0.25, -0.2) is 0 Å². The standard InChI is InChI=1S/2C3H8O.C3H7O.Ce/c3*1-3(2)4;/h2*3-4H,1-2H3;3H,1-2H3;/q;;-1;. The average Bonchev–Trinajstić information content (AvgIpc) is 1.54. The van der Waals surface area contributed by atoms with Crippen LogP contribution in [0.1, 0.15) is 41.5 Å². The summed E-state index contributed by atoms with van der Waals surface area (Å²) >= 11 is 0. The van der Waals surface area contributed by atoms with Crippen molar-refractivity contribution in [1.29, 1.82) is 0 Å². The zero-order valence-corrected chi connectivity index (χ0v) is 12.7. The van der Waals surface area contributed by atoms with Crippen molar-refractivity contribution in [3.05, 3.63) is 0 Å². The molecule has 0 saturated carbocycles. The third-order valence-electron chi connectivity index (χ3n) is 0. The molecule has 0 bridgehead atoms. The van der Waals surface area contributed by atoms with Gasteiger partial charge in [0.05, 0.1) is 0 Å². The van der Waals surface area contributed by atoms with Crippen LogP contribution in [-0.4, -0.2) is 28.5 Å². The smallest absolute Gasteiger partial charge is 0.0483 e. The van der Waals surface area contributed by atoms with E-state index in [4.69, 9.17) is 10.2 Å². The summed E-state index contributed by atoms with van der Waals surface area (Å²) in [5.74, 6) is 0. The Morgan fingerprint density at radius 1 is 0.769 bits per heavy atom. The molecule has 0 rings (SSSR count). The maximum absolute atomic E-state index is 9.53. The van der Waals surface area contributed by atoms with Crippen molar-refractivity contribution in [2.24, 2.45) is 0 Å². The molecule has 0 spiro atoms. The van der Waals surface area contributed by atoms with E-state index in [0.717, 1.165) is 0 Å². The van der Waals surface area contributed by atoms with Crippen LogP contribution in [0.15, 0.2) is 0 Å². The summed E-state index contributed by atoms with van der Waals surface area (Å²) in [7, 11) is 0. The molecule has 0 aromatic carbocycles. The summed E-state index contributed by atoms with van der Waals surface area (Å²) in [5, 5.41) is 25.6. The number of aliphatic hydroxyl groups is 2. The van der Waals surface area contributed by atoms with Gasteiger partial charge in [-0.2, -0.15) is 0 Å². The van der Waals surface area contributed by atoms with Gasteiger partial charge in [-0.3, -0.25) is 0 Å². The Hall–Kier alpha value is 1.26. The molecule has 0 heterocycles. The van der Waals surface area contributed by atoms with Gasteiger partial charge < -0.3 is 15.3 Å². The van der Waals surface area contributed by atoms with Gasteiger partial charge in [0.15, 0.2) is 0 Å². The van der Waals surface area contributed by atoms with Crippen LogP contribution >= 0.6 is 0 Å². The van der Waals surface area contributed by atoms with E-state index in [-0.39, 0.29) is 54.0 Å². The molecule has 0 aromatic rings. The van der Waals surface area contributed by atoms with Crippen LogP contribution < -0.4 is 5.11 Å². The first-order valence-electron chi connectivity index (χ1n) is 4.22. The molecule has 0 atom stereocenters. The van der Waals surface area contributed by atoms with Crippen molar-refractivity contribution in [2.45, 2.75) is 59.9 Å².